The molecule has 11 nitrogen and oxygen atoms in total. The topological polar surface area (TPSA) is 122 Å². The molecule has 4 aromatic heterocycles. The van der Waals surface area contributed by atoms with Crippen LogP contribution in [-0.4, -0.2) is 54.0 Å². The molecule has 38 heavy (non-hydrogen) atoms. The van der Waals surface area contributed by atoms with E-state index in [0.29, 0.717) is 42.0 Å². The lowest BCUT2D eigenvalue weighted by Crippen LogP contribution is -2.24. The highest BCUT2D eigenvalue weighted by atomic mass is 16.7. The third kappa shape index (κ3) is 6.00. The number of nitrogens with one attached hydrogen (secondary N) is 1. The van der Waals surface area contributed by atoms with Gasteiger partial charge in [-0.2, -0.15) is 9.78 Å². The maximum atomic E-state index is 12.4. The van der Waals surface area contributed by atoms with E-state index in [1.54, 1.807) is 30.6 Å². The molecule has 0 bridgehead atoms. The summed E-state index contributed by atoms with van der Waals surface area (Å²) < 4.78 is 20.6. The number of H-pyrrole nitrogens is 1. The Kier molecular flexibility index (Phi) is 7.39. The monoisotopic (exact) mass is 519 g/mol. The van der Waals surface area contributed by atoms with Gasteiger partial charge in [0.1, 0.15) is 17.3 Å². The van der Waals surface area contributed by atoms with E-state index in [9.17, 15) is 4.79 Å². The van der Waals surface area contributed by atoms with Gasteiger partial charge in [0, 0.05) is 36.0 Å². The number of hydrogen-bond acceptors (Lipinski definition) is 8. The normalized spacial score (nSPS) is 16.1. The highest BCUT2D eigenvalue weighted by molar-refractivity contribution is 5.59. The molecule has 1 aliphatic heterocycles. The number of hydrogen-bond donors (Lipinski definition) is 1. The molecule has 0 radical (unpaired) electrons. The fourth-order valence-corrected chi connectivity index (χ4v) is 4.08. The van der Waals surface area contributed by atoms with Crippen molar-refractivity contribution < 1.29 is 14.2 Å². The second-order valence-corrected chi connectivity index (χ2v) is 10.3. The second kappa shape index (κ2) is 10.9. The Bertz CT molecular complexity index is 1440. The SMILES string of the molecule is Cc1nc(-n2nc(C(C)(C)C)[nH]c2=O)ccc1Oc1ccnc(-c2cnn(CCOC3CCCCO3)c2)c1. The predicted octanol–water partition coefficient (Wildman–Crippen LogP) is 4.16. The van der Waals surface area contributed by atoms with Crippen molar-refractivity contribution in [3.63, 3.8) is 0 Å². The summed E-state index contributed by atoms with van der Waals surface area (Å²) in [5.74, 6) is 2.21. The van der Waals surface area contributed by atoms with E-state index in [1.165, 1.54) is 4.68 Å². The van der Waals surface area contributed by atoms with Crippen molar-refractivity contribution in [2.75, 3.05) is 13.2 Å². The van der Waals surface area contributed by atoms with Crippen molar-refractivity contribution in [2.45, 2.75) is 65.2 Å². The molecule has 5 rings (SSSR count). The van der Waals surface area contributed by atoms with E-state index in [-0.39, 0.29) is 17.4 Å². The lowest BCUT2D eigenvalue weighted by molar-refractivity contribution is -0.163. The summed E-state index contributed by atoms with van der Waals surface area (Å²) in [6.07, 6.45) is 8.48. The van der Waals surface area contributed by atoms with Gasteiger partial charge in [0.25, 0.3) is 0 Å². The van der Waals surface area contributed by atoms with E-state index < -0.39 is 0 Å². The van der Waals surface area contributed by atoms with Gasteiger partial charge in [-0.15, -0.1) is 5.10 Å². The van der Waals surface area contributed by atoms with E-state index in [1.807, 2.05) is 44.6 Å². The van der Waals surface area contributed by atoms with E-state index in [4.69, 9.17) is 14.2 Å². The Morgan fingerprint density at radius 2 is 2.08 bits per heavy atom. The number of nitrogens with zero attached hydrogens (tertiary/aromatic N) is 6. The molecule has 4 aromatic rings. The molecule has 0 amide bonds. The zero-order valence-electron chi connectivity index (χ0n) is 22.2. The maximum Gasteiger partial charge on any atom is 0.349 e. The minimum atomic E-state index is -0.330. The Morgan fingerprint density at radius 1 is 1.21 bits per heavy atom. The summed E-state index contributed by atoms with van der Waals surface area (Å²) in [5, 5.41) is 8.84. The van der Waals surface area contributed by atoms with Crippen LogP contribution in [0, 0.1) is 6.92 Å². The Balaban J connectivity index is 1.25. The van der Waals surface area contributed by atoms with Crippen LogP contribution in [0.5, 0.6) is 11.5 Å². The Morgan fingerprint density at radius 3 is 2.82 bits per heavy atom. The average Bonchev–Trinajstić information content (AvgIpc) is 3.53. The van der Waals surface area contributed by atoms with Crippen LogP contribution in [0.3, 0.4) is 0 Å². The largest absolute Gasteiger partial charge is 0.455 e. The standard InChI is InChI=1S/C27H33N7O4/c1-18-22(8-9-23(30-18)34-26(35)31-25(32-34)27(2,3)4)38-20-10-11-28-21(15-20)19-16-29-33(17-19)12-14-37-24-7-5-6-13-36-24/h8-11,15-17,24H,5-7,12-14H2,1-4H3,(H,31,32,35). The predicted molar refractivity (Wildman–Crippen MR) is 140 cm³/mol. The number of pyridine rings is 2. The molecule has 0 aromatic carbocycles. The van der Waals surface area contributed by atoms with Crippen LogP contribution in [0.15, 0.2) is 47.7 Å². The molecule has 1 saturated heterocycles. The van der Waals surface area contributed by atoms with Crippen LogP contribution in [0.4, 0.5) is 0 Å². The van der Waals surface area contributed by atoms with Crippen molar-refractivity contribution in [1.82, 2.24) is 34.5 Å². The quantitative estimate of drug-likeness (QED) is 0.368. The number of rotatable bonds is 8. The van der Waals surface area contributed by atoms with Gasteiger partial charge in [-0.3, -0.25) is 14.6 Å². The molecule has 200 valence electrons. The molecule has 1 unspecified atom stereocenters. The van der Waals surface area contributed by atoms with Crippen molar-refractivity contribution >= 4 is 0 Å². The molecular weight excluding hydrogens is 486 g/mol. The number of aromatic amines is 1. The molecule has 5 heterocycles. The first-order valence-corrected chi connectivity index (χ1v) is 12.8. The van der Waals surface area contributed by atoms with Gasteiger partial charge >= 0.3 is 5.69 Å². The summed E-state index contributed by atoms with van der Waals surface area (Å²) in [7, 11) is 0. The maximum absolute atomic E-state index is 12.4. The first kappa shape index (κ1) is 25.8. The molecule has 1 aliphatic rings. The molecule has 11 heteroatoms. The van der Waals surface area contributed by atoms with Crippen molar-refractivity contribution in [2.24, 2.45) is 0 Å². The Hall–Kier alpha value is -3.83. The lowest BCUT2D eigenvalue weighted by atomic mass is 9.96. The minimum absolute atomic E-state index is 0.109. The molecule has 0 aliphatic carbocycles. The van der Waals surface area contributed by atoms with Crippen LogP contribution < -0.4 is 10.4 Å². The first-order valence-electron chi connectivity index (χ1n) is 12.8. The van der Waals surface area contributed by atoms with E-state index in [2.05, 4.69) is 25.1 Å². The van der Waals surface area contributed by atoms with Gasteiger partial charge in [-0.1, -0.05) is 20.8 Å². The van der Waals surface area contributed by atoms with Crippen LogP contribution >= 0.6 is 0 Å². The third-order valence-electron chi connectivity index (χ3n) is 6.22. The number of aromatic nitrogens is 7. The number of ether oxygens (including phenoxy) is 3. The number of aryl methyl sites for hydroxylation is 1. The van der Waals surface area contributed by atoms with Crippen LogP contribution in [0.2, 0.25) is 0 Å². The van der Waals surface area contributed by atoms with Gasteiger partial charge in [0.05, 0.1) is 30.7 Å². The second-order valence-electron chi connectivity index (χ2n) is 10.3. The van der Waals surface area contributed by atoms with Gasteiger partial charge in [-0.05, 0) is 44.4 Å². The fraction of sp³-hybridized carbons (Fsp3) is 0.444. The molecule has 0 saturated carbocycles. The van der Waals surface area contributed by atoms with Gasteiger partial charge in [0.15, 0.2) is 12.1 Å². The minimum Gasteiger partial charge on any atom is -0.455 e. The van der Waals surface area contributed by atoms with Crippen LogP contribution in [-0.2, 0) is 21.4 Å². The van der Waals surface area contributed by atoms with Crippen molar-refractivity contribution in [3.8, 4) is 28.6 Å². The van der Waals surface area contributed by atoms with Gasteiger partial charge < -0.3 is 14.2 Å². The third-order valence-corrected chi connectivity index (χ3v) is 6.22. The summed E-state index contributed by atoms with van der Waals surface area (Å²) in [5.41, 5.74) is 1.63. The summed E-state index contributed by atoms with van der Waals surface area (Å²) >= 11 is 0. The molecule has 0 spiro atoms. The van der Waals surface area contributed by atoms with E-state index in [0.717, 1.165) is 37.1 Å². The highest BCUT2D eigenvalue weighted by Gasteiger charge is 2.21. The zero-order chi connectivity index (χ0) is 26.7. The molecule has 1 atom stereocenters. The summed E-state index contributed by atoms with van der Waals surface area (Å²) in [4.78, 5) is 24.3. The van der Waals surface area contributed by atoms with Crippen molar-refractivity contribution in [1.29, 1.82) is 0 Å². The fourth-order valence-electron chi connectivity index (χ4n) is 4.08. The lowest BCUT2D eigenvalue weighted by Gasteiger charge is -2.22. The highest BCUT2D eigenvalue weighted by Crippen LogP contribution is 2.28. The Labute approximate surface area is 220 Å². The van der Waals surface area contributed by atoms with Gasteiger partial charge in [0.2, 0.25) is 0 Å². The zero-order valence-corrected chi connectivity index (χ0v) is 22.2. The molecule has 1 N–H and O–H groups in total. The molecule has 1 fully saturated rings. The van der Waals surface area contributed by atoms with E-state index >= 15 is 0 Å². The smallest absolute Gasteiger partial charge is 0.349 e. The average molecular weight is 520 g/mol. The summed E-state index contributed by atoms with van der Waals surface area (Å²) in [6.45, 7) is 9.72. The van der Waals surface area contributed by atoms with Gasteiger partial charge in [-0.25, -0.2) is 9.78 Å². The van der Waals surface area contributed by atoms with Crippen molar-refractivity contribution in [3.05, 3.63) is 64.9 Å². The molecular formula is C27H33N7O4. The van der Waals surface area contributed by atoms with Crippen LogP contribution in [0.1, 0.15) is 51.6 Å². The van der Waals surface area contributed by atoms with Crippen LogP contribution in [0.25, 0.3) is 17.1 Å². The summed E-state index contributed by atoms with van der Waals surface area (Å²) in [6, 6.07) is 7.13. The first-order chi connectivity index (χ1) is 18.3.